The first kappa shape index (κ1) is 20.4. The van der Waals surface area contributed by atoms with Crippen molar-refractivity contribution in [2.24, 2.45) is 10.7 Å². The number of ether oxygens (including phenoxy) is 2. The lowest BCUT2D eigenvalue weighted by Crippen LogP contribution is -2.40. The number of guanidine groups is 1. The van der Waals surface area contributed by atoms with Gasteiger partial charge in [0.1, 0.15) is 0 Å². The standard InChI is InChI=1S/C20H31ClN4O2/c21-18-4-1-3-17(15-18)20(5-11-26-12-6-20)16-24-19(22)23-7-2-8-25-9-13-27-14-10-25/h1,3-4,15H,2,5-14,16H2,(H3,22,23,24). The first-order chi connectivity index (χ1) is 13.2. The molecule has 6 nitrogen and oxygen atoms in total. The van der Waals surface area contributed by atoms with E-state index >= 15 is 0 Å². The van der Waals surface area contributed by atoms with E-state index in [1.807, 2.05) is 18.2 Å². The molecule has 1 aromatic rings. The molecule has 2 aliphatic rings. The predicted molar refractivity (Wildman–Crippen MR) is 110 cm³/mol. The molecular weight excluding hydrogens is 364 g/mol. The summed E-state index contributed by atoms with van der Waals surface area (Å²) in [6.07, 6.45) is 2.91. The molecule has 0 unspecified atom stereocenters. The van der Waals surface area contributed by atoms with Crippen LogP contribution < -0.4 is 11.1 Å². The minimum absolute atomic E-state index is 0.0523. The quantitative estimate of drug-likeness (QED) is 0.420. The van der Waals surface area contributed by atoms with Gasteiger partial charge in [-0.25, -0.2) is 0 Å². The Morgan fingerprint density at radius 3 is 2.67 bits per heavy atom. The molecule has 2 aliphatic heterocycles. The van der Waals surface area contributed by atoms with Crippen molar-refractivity contribution in [1.82, 2.24) is 10.2 Å². The number of rotatable bonds is 7. The number of nitrogens with one attached hydrogen (secondary N) is 1. The van der Waals surface area contributed by atoms with Crippen molar-refractivity contribution in [2.75, 3.05) is 59.2 Å². The Hall–Kier alpha value is -1.34. The average Bonchev–Trinajstić information content (AvgIpc) is 2.71. The highest BCUT2D eigenvalue weighted by Crippen LogP contribution is 2.36. The molecule has 3 N–H and O–H groups in total. The minimum Gasteiger partial charge on any atom is -0.381 e. The zero-order chi connectivity index (χ0) is 19.0. The molecule has 2 fully saturated rings. The van der Waals surface area contributed by atoms with Gasteiger partial charge in [-0.3, -0.25) is 9.89 Å². The largest absolute Gasteiger partial charge is 0.381 e. The summed E-state index contributed by atoms with van der Waals surface area (Å²) >= 11 is 6.22. The van der Waals surface area contributed by atoms with Crippen LogP contribution in [0.5, 0.6) is 0 Å². The summed E-state index contributed by atoms with van der Waals surface area (Å²) in [4.78, 5) is 7.09. The summed E-state index contributed by atoms with van der Waals surface area (Å²) in [5.74, 6) is 0.518. The fraction of sp³-hybridized carbons (Fsp3) is 0.650. The van der Waals surface area contributed by atoms with Gasteiger partial charge in [0, 0.05) is 43.3 Å². The van der Waals surface area contributed by atoms with Gasteiger partial charge in [0.2, 0.25) is 0 Å². The van der Waals surface area contributed by atoms with E-state index in [1.165, 1.54) is 5.56 Å². The maximum atomic E-state index is 6.22. The van der Waals surface area contributed by atoms with E-state index in [1.54, 1.807) is 0 Å². The van der Waals surface area contributed by atoms with Crippen LogP contribution in [0, 0.1) is 0 Å². The Bertz CT molecular complexity index is 614. The molecule has 27 heavy (non-hydrogen) atoms. The first-order valence-corrected chi connectivity index (χ1v) is 10.2. The van der Waals surface area contributed by atoms with E-state index in [9.17, 15) is 0 Å². The summed E-state index contributed by atoms with van der Waals surface area (Å²) in [6.45, 7) is 7.76. The van der Waals surface area contributed by atoms with Crippen molar-refractivity contribution in [3.05, 3.63) is 34.9 Å². The van der Waals surface area contributed by atoms with Crippen LogP contribution in [0.2, 0.25) is 5.02 Å². The molecule has 0 atom stereocenters. The fourth-order valence-electron chi connectivity index (χ4n) is 3.75. The maximum Gasteiger partial charge on any atom is 0.188 e. The number of hydrogen-bond donors (Lipinski definition) is 2. The molecule has 0 bridgehead atoms. The molecule has 0 radical (unpaired) electrons. The molecule has 0 spiro atoms. The van der Waals surface area contributed by atoms with E-state index in [0.717, 1.165) is 76.9 Å². The summed E-state index contributed by atoms with van der Waals surface area (Å²) < 4.78 is 11.0. The fourth-order valence-corrected chi connectivity index (χ4v) is 3.95. The number of halogens is 1. The van der Waals surface area contributed by atoms with Crippen molar-refractivity contribution in [3.63, 3.8) is 0 Å². The third-order valence-corrected chi connectivity index (χ3v) is 5.74. The Balaban J connectivity index is 1.51. The smallest absolute Gasteiger partial charge is 0.188 e. The van der Waals surface area contributed by atoms with Crippen molar-refractivity contribution in [2.45, 2.75) is 24.7 Å². The second-order valence-electron chi connectivity index (χ2n) is 7.34. The van der Waals surface area contributed by atoms with Gasteiger partial charge in [-0.15, -0.1) is 0 Å². The lowest BCUT2D eigenvalue weighted by molar-refractivity contribution is 0.0376. The lowest BCUT2D eigenvalue weighted by atomic mass is 9.74. The zero-order valence-corrected chi connectivity index (χ0v) is 16.7. The van der Waals surface area contributed by atoms with Gasteiger partial charge in [0.15, 0.2) is 5.96 Å². The van der Waals surface area contributed by atoms with Crippen LogP contribution in [-0.2, 0) is 14.9 Å². The highest BCUT2D eigenvalue weighted by atomic mass is 35.5. The molecule has 0 saturated carbocycles. The molecule has 1 aromatic carbocycles. The molecule has 0 amide bonds. The van der Waals surface area contributed by atoms with Crippen molar-refractivity contribution in [3.8, 4) is 0 Å². The van der Waals surface area contributed by atoms with Gasteiger partial charge in [-0.2, -0.15) is 0 Å². The van der Waals surface area contributed by atoms with E-state index < -0.39 is 0 Å². The third kappa shape index (κ3) is 6.07. The second-order valence-corrected chi connectivity index (χ2v) is 7.78. The van der Waals surface area contributed by atoms with E-state index in [4.69, 9.17) is 26.8 Å². The van der Waals surface area contributed by atoms with Gasteiger partial charge in [0.05, 0.1) is 19.8 Å². The maximum absolute atomic E-state index is 6.22. The van der Waals surface area contributed by atoms with Crippen LogP contribution in [0.4, 0.5) is 0 Å². The van der Waals surface area contributed by atoms with Gasteiger partial charge in [-0.1, -0.05) is 23.7 Å². The number of benzene rings is 1. The van der Waals surface area contributed by atoms with Crippen LogP contribution >= 0.6 is 11.6 Å². The second kappa shape index (κ2) is 10.3. The zero-order valence-electron chi connectivity index (χ0n) is 16.0. The van der Waals surface area contributed by atoms with Crippen LogP contribution in [-0.4, -0.2) is 70.0 Å². The molecule has 7 heteroatoms. The monoisotopic (exact) mass is 394 g/mol. The predicted octanol–water partition coefficient (Wildman–Crippen LogP) is 2.01. The average molecular weight is 395 g/mol. The van der Waals surface area contributed by atoms with Crippen LogP contribution in [0.3, 0.4) is 0 Å². The first-order valence-electron chi connectivity index (χ1n) is 9.86. The Morgan fingerprint density at radius 1 is 1.19 bits per heavy atom. The molecule has 150 valence electrons. The number of morpholine rings is 1. The third-order valence-electron chi connectivity index (χ3n) is 5.50. The summed E-state index contributed by atoms with van der Waals surface area (Å²) in [5, 5.41) is 4.02. The van der Waals surface area contributed by atoms with Crippen molar-refractivity contribution in [1.29, 1.82) is 0 Å². The van der Waals surface area contributed by atoms with Crippen molar-refractivity contribution < 1.29 is 9.47 Å². The Kier molecular flexibility index (Phi) is 7.76. The van der Waals surface area contributed by atoms with Crippen molar-refractivity contribution >= 4 is 17.6 Å². The summed E-state index contributed by atoms with van der Waals surface area (Å²) in [7, 11) is 0. The van der Waals surface area contributed by atoms with Gasteiger partial charge >= 0.3 is 0 Å². The minimum atomic E-state index is -0.0523. The topological polar surface area (TPSA) is 72.1 Å². The lowest BCUT2D eigenvalue weighted by Gasteiger charge is -2.36. The normalized spacial score (nSPS) is 21.1. The molecule has 2 heterocycles. The van der Waals surface area contributed by atoms with Gasteiger partial charge in [0.25, 0.3) is 0 Å². The molecule has 2 saturated heterocycles. The highest BCUT2D eigenvalue weighted by Gasteiger charge is 2.34. The molecule has 0 aromatic heterocycles. The van der Waals surface area contributed by atoms with E-state index in [-0.39, 0.29) is 5.41 Å². The summed E-state index contributed by atoms with van der Waals surface area (Å²) in [5.41, 5.74) is 7.30. The highest BCUT2D eigenvalue weighted by molar-refractivity contribution is 6.30. The van der Waals surface area contributed by atoms with Crippen LogP contribution in [0.1, 0.15) is 24.8 Å². The number of aliphatic imine (C=N–C) groups is 1. The SMILES string of the molecule is NC(=NCC1(c2cccc(Cl)c2)CCOCC1)NCCCN1CCOCC1. The van der Waals surface area contributed by atoms with Gasteiger partial charge in [-0.05, 0) is 43.5 Å². The van der Waals surface area contributed by atoms with E-state index in [2.05, 4.69) is 21.3 Å². The molecular formula is C20H31ClN4O2. The van der Waals surface area contributed by atoms with Gasteiger partial charge < -0.3 is 20.5 Å². The summed E-state index contributed by atoms with van der Waals surface area (Å²) in [6, 6.07) is 8.10. The number of nitrogens with two attached hydrogens (primary N) is 1. The molecule has 3 rings (SSSR count). The van der Waals surface area contributed by atoms with E-state index in [0.29, 0.717) is 12.5 Å². The number of hydrogen-bond acceptors (Lipinski definition) is 4. The Labute approximate surface area is 167 Å². The van der Waals surface area contributed by atoms with Crippen LogP contribution in [0.15, 0.2) is 29.3 Å². The Morgan fingerprint density at radius 2 is 1.93 bits per heavy atom. The van der Waals surface area contributed by atoms with Crippen LogP contribution in [0.25, 0.3) is 0 Å². The number of nitrogens with zero attached hydrogens (tertiary/aromatic N) is 2. The molecule has 0 aliphatic carbocycles.